The zero-order valence-electron chi connectivity index (χ0n) is 50.1. The molecule has 0 aliphatic rings. The van der Waals surface area contributed by atoms with Crippen LogP contribution in [0.4, 0.5) is 0 Å². The number of pyridine rings is 1. The summed E-state index contributed by atoms with van der Waals surface area (Å²) >= 11 is 0. The van der Waals surface area contributed by atoms with Crippen molar-refractivity contribution in [1.82, 2.24) is 27.8 Å². The number of hydrogen-bond donors (Lipinski definition) is 0. The van der Waals surface area contributed by atoms with E-state index in [2.05, 4.69) is 187 Å². The minimum atomic E-state index is 0.431. The molecule has 0 unspecified atom stereocenters. The Labute approximate surface area is 541 Å². The highest BCUT2D eigenvalue weighted by Gasteiger charge is 2.33. The summed E-state index contributed by atoms with van der Waals surface area (Å²) in [7, 11) is 0. The molecule has 0 saturated carbocycles. The van der Waals surface area contributed by atoms with Gasteiger partial charge in [0.25, 0.3) is 0 Å². The Kier molecular flexibility index (Phi) is 11.7. The van der Waals surface area contributed by atoms with Gasteiger partial charge in [0.1, 0.15) is 0 Å². The predicted octanol–water partition coefficient (Wildman–Crippen LogP) is 19.1. The van der Waals surface area contributed by atoms with Gasteiger partial charge in [-0.2, -0.15) is 31.6 Å². The van der Waals surface area contributed by atoms with E-state index in [9.17, 15) is 31.6 Å². The van der Waals surface area contributed by atoms with E-state index in [1.165, 1.54) is 0 Å². The molecule has 95 heavy (non-hydrogen) atoms. The minimum Gasteiger partial charge on any atom is -0.309 e. The van der Waals surface area contributed by atoms with Crippen molar-refractivity contribution in [2.45, 2.75) is 0 Å². The van der Waals surface area contributed by atoms with Crippen molar-refractivity contribution in [2.24, 2.45) is 0 Å². The summed E-state index contributed by atoms with van der Waals surface area (Å²) < 4.78 is 11.2. The molecule has 434 valence electrons. The average molecular weight is 1210 g/mol. The van der Waals surface area contributed by atoms with Gasteiger partial charge in [-0.15, -0.1) is 0 Å². The highest BCUT2D eigenvalue weighted by atomic mass is 15.2. The van der Waals surface area contributed by atoms with Crippen molar-refractivity contribution >= 4 is 109 Å². The van der Waals surface area contributed by atoms with Crippen LogP contribution < -0.4 is 0 Å². The molecule has 12 aromatic carbocycles. The molecule has 18 rings (SSSR count). The van der Waals surface area contributed by atoms with Crippen molar-refractivity contribution in [2.75, 3.05) is 0 Å². The fourth-order valence-electron chi connectivity index (χ4n) is 14.8. The Balaban J connectivity index is 1.10. The molecule has 0 atom stereocenters. The van der Waals surface area contributed by atoms with Crippen molar-refractivity contribution in [3.63, 3.8) is 0 Å². The summed E-state index contributed by atoms with van der Waals surface area (Å²) in [5.41, 5.74) is 17.0. The summed E-state index contributed by atoms with van der Waals surface area (Å²) in [6, 6.07) is 99.0. The van der Waals surface area contributed by atoms with Gasteiger partial charge in [0.05, 0.1) is 142 Å². The first-order valence-corrected chi connectivity index (χ1v) is 30.8. The molecule has 0 aliphatic carbocycles. The summed E-state index contributed by atoms with van der Waals surface area (Å²) in [6.07, 6.45) is 0. The predicted molar refractivity (Wildman–Crippen MR) is 375 cm³/mol. The second kappa shape index (κ2) is 20.6. The first-order valence-electron chi connectivity index (χ1n) is 30.8. The van der Waals surface area contributed by atoms with Crippen LogP contribution in [0.3, 0.4) is 0 Å². The highest BCUT2D eigenvalue weighted by Crippen LogP contribution is 2.51. The highest BCUT2D eigenvalue weighted by molar-refractivity contribution is 6.18. The van der Waals surface area contributed by atoms with E-state index in [1.807, 2.05) is 115 Å². The Bertz CT molecular complexity index is 6460. The standard InChI is InChI=1S/C83H42N12/c84-43-49-18-29-73-62(36-49)63-37-50(44-85)19-30-74(63)93(73)81-79(56-26-35-72-68(42-56)61-14-6-9-17-71(61)91(72)57-10-2-1-3-11-57)82(94-75-31-20-51(45-86)38-64(75)65-39-52(46-87)21-32-76(65)94)83(95-77-33-22-53(47-88)40-66(77)67-41-54(48-89)23-34-78(67)95)90-80(81)55-24-27-58(28-25-55)92-69-15-7-4-12-59(69)60-13-5-8-16-70(60)92/h1-42H. The van der Waals surface area contributed by atoms with Gasteiger partial charge in [-0.25, -0.2) is 4.98 Å². The number of nitrogens with zero attached hydrogens (tertiary/aromatic N) is 12. The van der Waals surface area contributed by atoms with Gasteiger partial charge in [-0.05, 0) is 169 Å². The summed E-state index contributed by atoms with van der Waals surface area (Å²) in [5, 5.41) is 72.4. The number of aromatic nitrogens is 6. The molecule has 18 aromatic rings. The number of hydrogen-bond acceptors (Lipinski definition) is 7. The van der Waals surface area contributed by atoms with Crippen LogP contribution in [0.5, 0.6) is 0 Å². The lowest BCUT2D eigenvalue weighted by Crippen LogP contribution is -2.13. The van der Waals surface area contributed by atoms with Crippen molar-refractivity contribution in [3.8, 4) is 87.4 Å². The molecule has 0 bridgehead atoms. The monoisotopic (exact) mass is 1210 g/mol. The Morgan fingerprint density at radius 3 is 0.926 bits per heavy atom. The fourth-order valence-corrected chi connectivity index (χ4v) is 14.8. The molecular weight excluding hydrogens is 1160 g/mol. The van der Waals surface area contributed by atoms with E-state index in [4.69, 9.17) is 4.98 Å². The lowest BCUT2D eigenvalue weighted by Gasteiger charge is -2.26. The zero-order valence-corrected chi connectivity index (χ0v) is 50.1. The molecule has 6 heterocycles. The van der Waals surface area contributed by atoms with Gasteiger partial charge >= 0.3 is 0 Å². The third-order valence-electron chi connectivity index (χ3n) is 18.8. The second-order valence-electron chi connectivity index (χ2n) is 23.8. The molecular formula is C83H42N12. The third-order valence-corrected chi connectivity index (χ3v) is 18.8. The summed E-state index contributed by atoms with van der Waals surface area (Å²) in [4.78, 5) is 6.25. The average Bonchev–Trinajstić information content (AvgIpc) is 1.61. The van der Waals surface area contributed by atoms with E-state index in [0.717, 1.165) is 109 Å². The number of nitriles is 6. The van der Waals surface area contributed by atoms with Crippen LogP contribution >= 0.6 is 0 Å². The number of fused-ring (bicyclic) bond motifs is 15. The maximum absolute atomic E-state index is 10.6. The second-order valence-corrected chi connectivity index (χ2v) is 23.8. The van der Waals surface area contributed by atoms with Crippen LogP contribution in [-0.4, -0.2) is 27.8 Å². The van der Waals surface area contributed by atoms with Crippen molar-refractivity contribution in [1.29, 1.82) is 31.6 Å². The Morgan fingerprint density at radius 1 is 0.232 bits per heavy atom. The molecule has 0 amide bonds. The number of para-hydroxylation sites is 4. The van der Waals surface area contributed by atoms with Crippen LogP contribution in [0.1, 0.15) is 33.4 Å². The quantitative estimate of drug-likeness (QED) is 0.152. The van der Waals surface area contributed by atoms with Crippen molar-refractivity contribution < 1.29 is 0 Å². The summed E-state index contributed by atoms with van der Waals surface area (Å²) in [6.45, 7) is 0. The lowest BCUT2D eigenvalue weighted by molar-refractivity contribution is 1.01. The normalized spacial score (nSPS) is 11.5. The van der Waals surface area contributed by atoms with Gasteiger partial charge in [-0.3, -0.25) is 4.57 Å². The topological polar surface area (TPSA) is 180 Å². The van der Waals surface area contributed by atoms with E-state index in [0.29, 0.717) is 83.9 Å². The smallest absolute Gasteiger partial charge is 0.163 e. The molecule has 0 fully saturated rings. The van der Waals surface area contributed by atoms with Crippen LogP contribution in [-0.2, 0) is 0 Å². The molecule has 0 radical (unpaired) electrons. The zero-order chi connectivity index (χ0) is 63.7. The van der Waals surface area contributed by atoms with Gasteiger partial charge in [0.2, 0.25) is 0 Å². The van der Waals surface area contributed by atoms with E-state index in [1.54, 1.807) is 12.1 Å². The molecule has 12 nitrogen and oxygen atoms in total. The van der Waals surface area contributed by atoms with E-state index < -0.39 is 0 Å². The summed E-state index contributed by atoms with van der Waals surface area (Å²) in [5.74, 6) is 0.471. The Morgan fingerprint density at radius 2 is 0.526 bits per heavy atom. The molecule has 0 spiro atoms. The minimum absolute atomic E-state index is 0.431. The molecule has 6 aromatic heterocycles. The van der Waals surface area contributed by atoms with Gasteiger partial charge in [0, 0.05) is 76.4 Å². The maximum atomic E-state index is 10.6. The maximum Gasteiger partial charge on any atom is 0.163 e. The van der Waals surface area contributed by atoms with Crippen molar-refractivity contribution in [3.05, 3.63) is 288 Å². The van der Waals surface area contributed by atoms with Crippen LogP contribution in [0.15, 0.2) is 255 Å². The molecule has 0 saturated heterocycles. The molecule has 12 heteroatoms. The largest absolute Gasteiger partial charge is 0.309 e. The van der Waals surface area contributed by atoms with Gasteiger partial charge in [0.15, 0.2) is 5.82 Å². The number of rotatable bonds is 7. The molecule has 0 aliphatic heterocycles. The first-order chi connectivity index (χ1) is 46.8. The lowest BCUT2D eigenvalue weighted by atomic mass is 9.95. The van der Waals surface area contributed by atoms with E-state index >= 15 is 0 Å². The Hall–Kier alpha value is -14.3. The first kappa shape index (κ1) is 53.7. The fraction of sp³-hybridized carbons (Fsp3) is 0. The van der Waals surface area contributed by atoms with Gasteiger partial charge < -0.3 is 18.3 Å². The van der Waals surface area contributed by atoms with Gasteiger partial charge in [-0.1, -0.05) is 91.0 Å². The van der Waals surface area contributed by atoms with Crippen LogP contribution in [0.2, 0.25) is 0 Å². The van der Waals surface area contributed by atoms with E-state index in [-0.39, 0.29) is 0 Å². The molecule has 0 N–H and O–H groups in total. The number of benzene rings is 12. The SMILES string of the molecule is N#Cc1ccc2c(c1)c1cc(C#N)ccc1n2-c1nc(-c2ccc(-n3c4ccccc4c4ccccc43)cc2)c(-n2c3ccc(C#N)cc3c3cc(C#N)ccc32)c(-c2ccc3c(c2)c2ccccc2n3-c2ccccc2)c1-n1c2ccc(C#N)cc2c2cc(C#N)ccc21. The van der Waals surface area contributed by atoms with Crippen LogP contribution in [0, 0.1) is 68.0 Å². The van der Waals surface area contributed by atoms with Crippen LogP contribution in [0.25, 0.3) is 160 Å². The third kappa shape index (κ3) is 7.85.